The van der Waals surface area contributed by atoms with Crippen LogP contribution in [0.15, 0.2) is 11.6 Å². The highest BCUT2D eigenvalue weighted by atomic mass is 16.3. The van der Waals surface area contributed by atoms with E-state index in [9.17, 15) is 10.2 Å². The monoisotopic (exact) mass is 404 g/mol. The number of hydrogen-bond donors (Lipinski definition) is 2. The third-order valence-corrected chi connectivity index (χ3v) is 10.2. The molecule has 0 bridgehead atoms. The standard InChI is InChI=1S/C27H46O2/c1-17(2)25(29)11-6-18(3)22-9-10-23-21-8-7-19-16-20(28)12-14-26(19,4)24(21)13-15-27(22,23)5/h7,17-18,20-25,28-29H,6,8-16H2,1-5H3/t18-,20+,21+,22-,23+,24+,25+,26+,27-/m1/s1/i20D,25D. The second-order valence-corrected chi connectivity index (χ2v) is 11.9. The van der Waals surface area contributed by atoms with E-state index in [1.165, 1.54) is 31.3 Å². The molecule has 0 saturated heterocycles. The third kappa shape index (κ3) is 3.65. The molecule has 4 aliphatic carbocycles. The van der Waals surface area contributed by atoms with Crippen LogP contribution < -0.4 is 0 Å². The molecule has 0 amide bonds. The Morgan fingerprint density at radius 2 is 1.86 bits per heavy atom. The van der Waals surface area contributed by atoms with Gasteiger partial charge in [0.2, 0.25) is 0 Å². The van der Waals surface area contributed by atoms with Crippen molar-refractivity contribution in [2.24, 2.45) is 46.3 Å². The van der Waals surface area contributed by atoms with Crippen LogP contribution in [0.1, 0.15) is 102 Å². The van der Waals surface area contributed by atoms with Gasteiger partial charge in [-0.15, -0.1) is 0 Å². The van der Waals surface area contributed by atoms with E-state index in [-0.39, 0.29) is 11.3 Å². The molecule has 0 aliphatic heterocycles. The second-order valence-electron chi connectivity index (χ2n) is 11.9. The normalized spacial score (nSPS) is 51.1. The number of fused-ring (bicyclic) bond motifs is 5. The fourth-order valence-electron chi connectivity index (χ4n) is 8.33. The topological polar surface area (TPSA) is 40.5 Å². The molecule has 0 aromatic heterocycles. The molecule has 166 valence electrons. The van der Waals surface area contributed by atoms with Crippen molar-refractivity contribution < 1.29 is 13.0 Å². The molecule has 0 aromatic carbocycles. The molecule has 0 heterocycles. The van der Waals surface area contributed by atoms with Crippen molar-refractivity contribution in [3.8, 4) is 0 Å². The first-order valence-corrected chi connectivity index (χ1v) is 12.4. The van der Waals surface area contributed by atoms with E-state index < -0.39 is 12.2 Å². The summed E-state index contributed by atoms with van der Waals surface area (Å²) in [6.07, 6.45) is 9.81. The Hall–Kier alpha value is -0.340. The number of allylic oxidation sites excluding steroid dienone is 1. The summed E-state index contributed by atoms with van der Waals surface area (Å²) in [6.45, 7) is 11.3. The van der Waals surface area contributed by atoms with Crippen LogP contribution in [-0.2, 0) is 0 Å². The van der Waals surface area contributed by atoms with Crippen molar-refractivity contribution >= 4 is 0 Å². The van der Waals surface area contributed by atoms with E-state index in [2.05, 4.69) is 26.8 Å². The Morgan fingerprint density at radius 1 is 1.10 bits per heavy atom. The van der Waals surface area contributed by atoms with E-state index in [1.807, 2.05) is 13.8 Å². The zero-order valence-electron chi connectivity index (χ0n) is 21.5. The summed E-state index contributed by atoms with van der Waals surface area (Å²) in [5, 5.41) is 20.8. The van der Waals surface area contributed by atoms with Gasteiger partial charge in [0.05, 0.1) is 14.9 Å². The predicted octanol–water partition coefficient (Wildman–Crippen LogP) is 6.36. The second kappa shape index (κ2) is 7.97. The van der Waals surface area contributed by atoms with Crippen molar-refractivity contribution in [2.45, 2.75) is 111 Å². The molecule has 2 heteroatoms. The minimum atomic E-state index is -1.30. The average molecular weight is 405 g/mol. The average Bonchev–Trinajstić information content (AvgIpc) is 3.04. The van der Waals surface area contributed by atoms with Gasteiger partial charge in [0.1, 0.15) is 0 Å². The largest absolute Gasteiger partial charge is 0.393 e. The zero-order chi connectivity index (χ0) is 22.8. The van der Waals surface area contributed by atoms with Crippen LogP contribution >= 0.6 is 0 Å². The van der Waals surface area contributed by atoms with E-state index in [1.54, 1.807) is 0 Å². The lowest BCUT2D eigenvalue weighted by Crippen LogP contribution is -2.50. The molecule has 0 aromatic rings. The van der Waals surface area contributed by atoms with Crippen LogP contribution in [0.3, 0.4) is 0 Å². The summed E-state index contributed by atoms with van der Waals surface area (Å²) in [4.78, 5) is 0. The first-order chi connectivity index (χ1) is 14.3. The molecule has 0 spiro atoms. The molecule has 29 heavy (non-hydrogen) atoms. The van der Waals surface area contributed by atoms with Crippen LogP contribution in [0.5, 0.6) is 0 Å². The quantitative estimate of drug-likeness (QED) is 0.523. The molecular weight excluding hydrogens is 356 g/mol. The predicted molar refractivity (Wildman–Crippen MR) is 120 cm³/mol. The van der Waals surface area contributed by atoms with Gasteiger partial charge in [-0.3, -0.25) is 0 Å². The van der Waals surface area contributed by atoms with E-state index in [0.29, 0.717) is 42.4 Å². The highest BCUT2D eigenvalue weighted by molar-refractivity contribution is 5.25. The lowest BCUT2D eigenvalue weighted by molar-refractivity contribution is -0.0579. The summed E-state index contributed by atoms with van der Waals surface area (Å²) in [5.41, 5.74) is 1.93. The van der Waals surface area contributed by atoms with E-state index >= 15 is 0 Å². The van der Waals surface area contributed by atoms with Crippen LogP contribution in [-0.4, -0.2) is 22.4 Å². The fourth-order valence-corrected chi connectivity index (χ4v) is 8.33. The van der Waals surface area contributed by atoms with Gasteiger partial charge in [0.25, 0.3) is 0 Å². The van der Waals surface area contributed by atoms with Gasteiger partial charge in [-0.25, -0.2) is 0 Å². The lowest BCUT2D eigenvalue weighted by Gasteiger charge is -2.58. The van der Waals surface area contributed by atoms with Crippen LogP contribution in [0.4, 0.5) is 0 Å². The molecule has 0 unspecified atom stereocenters. The maximum absolute atomic E-state index is 10.4. The number of rotatable bonds is 5. The minimum absolute atomic E-state index is 0.0251. The highest BCUT2D eigenvalue weighted by Crippen LogP contribution is 2.67. The molecule has 2 nitrogen and oxygen atoms in total. The smallest absolute Gasteiger partial charge is 0.0604 e. The van der Waals surface area contributed by atoms with Crippen LogP contribution in [0.25, 0.3) is 0 Å². The van der Waals surface area contributed by atoms with E-state index in [0.717, 1.165) is 31.1 Å². The Labute approximate surface area is 182 Å². The SMILES string of the molecule is [2H][C@]1(O)CC[C@@]2(C)C(=CC[C@H]3[C@@H]4CC[C@H]([C@H](C)CC[C@]([2H])(O)C(C)C)[C@@]4(C)CC[C@@H]32)C1. The Balaban J connectivity index is 1.49. The van der Waals surface area contributed by atoms with Gasteiger partial charge < -0.3 is 10.2 Å². The summed E-state index contributed by atoms with van der Waals surface area (Å²) < 4.78 is 16.4. The van der Waals surface area contributed by atoms with Crippen molar-refractivity contribution in [2.75, 3.05) is 0 Å². The zero-order valence-corrected chi connectivity index (χ0v) is 19.5. The maximum atomic E-state index is 10.4. The molecule has 4 aliphatic rings. The van der Waals surface area contributed by atoms with Gasteiger partial charge >= 0.3 is 0 Å². The molecule has 0 radical (unpaired) electrons. The molecular formula is C27H46O2. The van der Waals surface area contributed by atoms with Crippen LogP contribution in [0, 0.1) is 46.3 Å². The number of hydrogen-bond acceptors (Lipinski definition) is 2. The molecule has 3 fully saturated rings. The minimum Gasteiger partial charge on any atom is -0.393 e. The highest BCUT2D eigenvalue weighted by Gasteiger charge is 2.59. The van der Waals surface area contributed by atoms with Gasteiger partial charge in [0, 0.05) is 0 Å². The first kappa shape index (κ1) is 19.4. The Morgan fingerprint density at radius 3 is 2.59 bits per heavy atom. The molecule has 4 rings (SSSR count). The fraction of sp³-hybridized carbons (Fsp3) is 0.926. The van der Waals surface area contributed by atoms with Gasteiger partial charge in [-0.05, 0) is 111 Å². The van der Waals surface area contributed by atoms with Gasteiger partial charge in [-0.1, -0.05) is 46.3 Å². The Kier molecular flexibility index (Phi) is 5.32. The molecule has 9 atom stereocenters. The van der Waals surface area contributed by atoms with Gasteiger partial charge in [0.15, 0.2) is 0 Å². The summed E-state index contributed by atoms with van der Waals surface area (Å²) in [7, 11) is 0. The van der Waals surface area contributed by atoms with Gasteiger partial charge in [-0.2, -0.15) is 0 Å². The van der Waals surface area contributed by atoms with Crippen molar-refractivity contribution in [1.29, 1.82) is 0 Å². The maximum Gasteiger partial charge on any atom is 0.0604 e. The lowest BCUT2D eigenvalue weighted by atomic mass is 9.47. The molecule has 2 N–H and O–H groups in total. The van der Waals surface area contributed by atoms with E-state index in [4.69, 9.17) is 2.74 Å². The third-order valence-electron chi connectivity index (χ3n) is 10.2. The Bertz CT molecular complexity index is 714. The molecule has 3 saturated carbocycles. The van der Waals surface area contributed by atoms with Crippen molar-refractivity contribution in [1.82, 2.24) is 0 Å². The summed E-state index contributed by atoms with van der Waals surface area (Å²) in [6, 6.07) is 0. The van der Waals surface area contributed by atoms with Crippen molar-refractivity contribution in [3.05, 3.63) is 11.6 Å². The number of aliphatic hydroxyl groups is 2. The van der Waals surface area contributed by atoms with Crippen LogP contribution in [0.2, 0.25) is 0 Å². The summed E-state index contributed by atoms with van der Waals surface area (Å²) in [5.74, 6) is 3.44. The summed E-state index contributed by atoms with van der Waals surface area (Å²) >= 11 is 0. The first-order valence-electron chi connectivity index (χ1n) is 13.4. The van der Waals surface area contributed by atoms with Crippen molar-refractivity contribution in [3.63, 3.8) is 0 Å².